The van der Waals surface area contributed by atoms with Crippen molar-refractivity contribution in [1.82, 2.24) is 4.90 Å². The summed E-state index contributed by atoms with van der Waals surface area (Å²) in [6.07, 6.45) is 4.42. The summed E-state index contributed by atoms with van der Waals surface area (Å²) < 4.78 is 0. The van der Waals surface area contributed by atoms with Crippen LogP contribution >= 0.6 is 0 Å². The molecule has 0 aliphatic heterocycles. The van der Waals surface area contributed by atoms with Gasteiger partial charge in [0, 0.05) is 12.6 Å². The normalized spacial score (nSPS) is 16.9. The fourth-order valence-corrected chi connectivity index (χ4v) is 2.86. The molecule has 1 fully saturated rings. The van der Waals surface area contributed by atoms with Gasteiger partial charge in [0.15, 0.2) is 0 Å². The minimum atomic E-state index is -0.322. The van der Waals surface area contributed by atoms with Crippen LogP contribution in [-0.2, 0) is 0 Å². The predicted octanol–water partition coefficient (Wildman–Crippen LogP) is 3.60. The maximum absolute atomic E-state index is 10.4. The van der Waals surface area contributed by atoms with Crippen LogP contribution in [0.15, 0.2) is 18.2 Å². The summed E-state index contributed by atoms with van der Waals surface area (Å²) >= 11 is 0. The van der Waals surface area contributed by atoms with E-state index in [2.05, 4.69) is 43.9 Å². The first kappa shape index (κ1) is 14.5. The zero-order valence-electron chi connectivity index (χ0n) is 12.5. The molecule has 1 N–H and O–H groups in total. The number of hydrogen-bond acceptors (Lipinski definition) is 2. The molecule has 1 atom stereocenters. The van der Waals surface area contributed by atoms with Gasteiger partial charge in [-0.3, -0.25) is 0 Å². The molecule has 0 aromatic heterocycles. The smallest absolute Gasteiger partial charge is 0.0802 e. The Hall–Kier alpha value is -0.860. The Bertz CT molecular complexity index is 391. The Balaban J connectivity index is 1.90. The predicted molar refractivity (Wildman–Crippen MR) is 80.4 cm³/mol. The maximum atomic E-state index is 10.4. The maximum Gasteiger partial charge on any atom is 0.0802 e. The summed E-state index contributed by atoms with van der Waals surface area (Å²) in [6, 6.07) is 7.17. The van der Waals surface area contributed by atoms with E-state index in [1.807, 2.05) is 0 Å². The zero-order chi connectivity index (χ0) is 13.8. The van der Waals surface area contributed by atoms with Crippen molar-refractivity contribution in [2.45, 2.75) is 58.6 Å². The van der Waals surface area contributed by atoms with Crippen LogP contribution in [0.5, 0.6) is 0 Å². The average molecular weight is 261 g/mol. The molecule has 0 heterocycles. The third-order valence-corrected chi connectivity index (χ3v) is 3.89. The Kier molecular flexibility index (Phi) is 5.00. The molecule has 2 rings (SSSR count). The lowest BCUT2D eigenvalue weighted by Crippen LogP contribution is -2.29. The molecule has 2 heteroatoms. The molecule has 0 bridgehead atoms. The van der Waals surface area contributed by atoms with E-state index in [1.165, 1.54) is 36.9 Å². The number of benzene rings is 1. The van der Waals surface area contributed by atoms with Crippen LogP contribution in [0.1, 0.15) is 55.4 Å². The fourth-order valence-electron chi connectivity index (χ4n) is 2.86. The van der Waals surface area contributed by atoms with E-state index in [4.69, 9.17) is 0 Å². The second kappa shape index (κ2) is 6.53. The zero-order valence-corrected chi connectivity index (χ0v) is 12.5. The number of aliphatic hydroxyl groups excluding tert-OH is 1. The number of nitrogens with zero attached hydrogens (tertiary/aromatic N) is 1. The van der Waals surface area contributed by atoms with E-state index < -0.39 is 0 Å². The number of hydrogen-bond donors (Lipinski definition) is 1. The van der Waals surface area contributed by atoms with E-state index in [1.54, 1.807) is 0 Å². The molecule has 0 spiro atoms. The van der Waals surface area contributed by atoms with E-state index in [-0.39, 0.29) is 6.10 Å². The van der Waals surface area contributed by atoms with E-state index >= 15 is 0 Å². The lowest BCUT2D eigenvalue weighted by atomic mass is 10.0. The van der Waals surface area contributed by atoms with Gasteiger partial charge in [-0.25, -0.2) is 0 Å². The van der Waals surface area contributed by atoms with E-state index in [9.17, 15) is 5.11 Å². The molecular weight excluding hydrogens is 234 g/mol. The monoisotopic (exact) mass is 261 g/mol. The van der Waals surface area contributed by atoms with Gasteiger partial charge in [-0.1, -0.05) is 36.2 Å². The van der Waals surface area contributed by atoms with Crippen LogP contribution < -0.4 is 0 Å². The molecule has 0 radical (unpaired) electrons. The molecule has 1 aliphatic carbocycles. The summed E-state index contributed by atoms with van der Waals surface area (Å²) in [4.78, 5) is 2.55. The van der Waals surface area contributed by atoms with Crippen molar-refractivity contribution in [2.75, 3.05) is 13.1 Å². The highest BCUT2D eigenvalue weighted by molar-refractivity contribution is 5.29. The fraction of sp³-hybridized carbons (Fsp3) is 0.647. The van der Waals surface area contributed by atoms with E-state index in [0.29, 0.717) is 0 Å². The second-order valence-corrected chi connectivity index (χ2v) is 5.99. The summed E-state index contributed by atoms with van der Waals surface area (Å²) in [7, 11) is 0. The van der Waals surface area contributed by atoms with Gasteiger partial charge in [-0.15, -0.1) is 0 Å². The number of aryl methyl sites for hydroxylation is 2. The van der Waals surface area contributed by atoms with Crippen molar-refractivity contribution in [3.63, 3.8) is 0 Å². The molecule has 106 valence electrons. The van der Waals surface area contributed by atoms with Crippen molar-refractivity contribution >= 4 is 0 Å². The summed E-state index contributed by atoms with van der Waals surface area (Å²) in [6.45, 7) is 8.61. The van der Waals surface area contributed by atoms with Gasteiger partial charge in [0.05, 0.1) is 6.10 Å². The molecule has 2 nitrogen and oxygen atoms in total. The van der Waals surface area contributed by atoms with Gasteiger partial charge in [0.2, 0.25) is 0 Å². The quantitative estimate of drug-likeness (QED) is 0.810. The third-order valence-electron chi connectivity index (χ3n) is 3.89. The lowest BCUT2D eigenvalue weighted by molar-refractivity contribution is 0.139. The first-order valence-electron chi connectivity index (χ1n) is 7.60. The highest BCUT2D eigenvalue weighted by atomic mass is 16.3. The molecule has 1 unspecified atom stereocenters. The third kappa shape index (κ3) is 4.32. The van der Waals surface area contributed by atoms with Crippen LogP contribution in [-0.4, -0.2) is 29.1 Å². The minimum Gasteiger partial charge on any atom is -0.388 e. The Morgan fingerprint density at radius 3 is 2.32 bits per heavy atom. The largest absolute Gasteiger partial charge is 0.388 e. The lowest BCUT2D eigenvalue weighted by Gasteiger charge is -2.23. The van der Waals surface area contributed by atoms with Gasteiger partial charge in [0.25, 0.3) is 0 Å². The summed E-state index contributed by atoms with van der Waals surface area (Å²) in [5, 5.41) is 10.4. The van der Waals surface area contributed by atoms with Crippen molar-refractivity contribution in [3.8, 4) is 0 Å². The Morgan fingerprint density at radius 2 is 1.79 bits per heavy atom. The van der Waals surface area contributed by atoms with Crippen molar-refractivity contribution in [3.05, 3.63) is 34.9 Å². The topological polar surface area (TPSA) is 23.5 Å². The van der Waals surface area contributed by atoms with Gasteiger partial charge in [0.1, 0.15) is 0 Å². The number of rotatable bonds is 7. The SMILES string of the molecule is CCCN(CCC(O)c1cc(C)cc(C)c1)C1CC1. The van der Waals surface area contributed by atoms with Gasteiger partial charge in [-0.05, 0) is 51.6 Å². The van der Waals surface area contributed by atoms with Crippen LogP contribution in [0.3, 0.4) is 0 Å². The second-order valence-electron chi connectivity index (χ2n) is 5.99. The molecule has 19 heavy (non-hydrogen) atoms. The van der Waals surface area contributed by atoms with Gasteiger partial charge < -0.3 is 10.0 Å². The minimum absolute atomic E-state index is 0.322. The van der Waals surface area contributed by atoms with Gasteiger partial charge >= 0.3 is 0 Å². The Labute approximate surface area is 117 Å². The van der Waals surface area contributed by atoms with Crippen LogP contribution in [0.2, 0.25) is 0 Å². The van der Waals surface area contributed by atoms with Crippen molar-refractivity contribution in [1.29, 1.82) is 0 Å². The standard InChI is InChI=1S/C17H27NO/c1-4-8-18(16-5-6-16)9-7-17(19)15-11-13(2)10-14(3)12-15/h10-12,16-17,19H,4-9H2,1-3H3. The molecule has 1 aliphatic rings. The van der Waals surface area contributed by atoms with Crippen molar-refractivity contribution in [2.24, 2.45) is 0 Å². The van der Waals surface area contributed by atoms with Gasteiger partial charge in [-0.2, -0.15) is 0 Å². The molecule has 1 saturated carbocycles. The Morgan fingerprint density at radius 1 is 1.16 bits per heavy atom. The molecule has 0 saturated heterocycles. The van der Waals surface area contributed by atoms with Crippen molar-refractivity contribution < 1.29 is 5.11 Å². The number of aliphatic hydroxyl groups is 1. The molecular formula is C17H27NO. The molecule has 1 aromatic rings. The van der Waals surface area contributed by atoms with Crippen LogP contribution in [0.25, 0.3) is 0 Å². The average Bonchev–Trinajstić information content (AvgIpc) is 3.17. The highest BCUT2D eigenvalue weighted by Gasteiger charge is 2.28. The van der Waals surface area contributed by atoms with Crippen LogP contribution in [0, 0.1) is 13.8 Å². The first-order valence-corrected chi connectivity index (χ1v) is 7.60. The van der Waals surface area contributed by atoms with Crippen LogP contribution in [0.4, 0.5) is 0 Å². The summed E-state index contributed by atoms with van der Waals surface area (Å²) in [5.74, 6) is 0. The van der Waals surface area contributed by atoms with E-state index in [0.717, 1.165) is 24.6 Å². The highest BCUT2D eigenvalue weighted by Crippen LogP contribution is 2.28. The first-order chi connectivity index (χ1) is 9.10. The molecule has 0 amide bonds. The molecule has 1 aromatic carbocycles. The summed E-state index contributed by atoms with van der Waals surface area (Å²) in [5.41, 5.74) is 3.55.